The third-order valence-electron chi connectivity index (χ3n) is 11.4. The number of aliphatic hydroxyl groups is 1. The lowest BCUT2D eigenvalue weighted by Crippen LogP contribution is -2.46. The molecule has 11 nitrogen and oxygen atoms in total. The molecule has 11 heteroatoms. The minimum atomic E-state index is -0.726. The van der Waals surface area contributed by atoms with Crippen molar-refractivity contribution in [3.8, 4) is 17.0 Å². The number of nitrogens with zero attached hydrogens (tertiary/aromatic N) is 5. The maximum Gasteiger partial charge on any atom is 0.410 e. The molecule has 0 unspecified atom stereocenters. The van der Waals surface area contributed by atoms with Gasteiger partial charge in [-0.25, -0.2) is 14.8 Å². The van der Waals surface area contributed by atoms with Crippen molar-refractivity contribution in [2.45, 2.75) is 114 Å². The highest BCUT2D eigenvalue weighted by Crippen LogP contribution is 2.41. The van der Waals surface area contributed by atoms with Gasteiger partial charge in [0.1, 0.15) is 29.6 Å². The average molecular weight is 686 g/mol. The molecule has 0 atom stereocenters. The van der Waals surface area contributed by atoms with Crippen LogP contribution in [-0.4, -0.2) is 75.4 Å². The molecule has 3 saturated carbocycles. The van der Waals surface area contributed by atoms with E-state index in [9.17, 15) is 14.7 Å². The summed E-state index contributed by atoms with van der Waals surface area (Å²) in [5.41, 5.74) is 2.97. The lowest BCUT2D eigenvalue weighted by atomic mass is 9.79. The highest BCUT2D eigenvalue weighted by molar-refractivity contribution is 5.94. The summed E-state index contributed by atoms with van der Waals surface area (Å²) >= 11 is 0. The van der Waals surface area contributed by atoms with E-state index >= 15 is 0 Å². The number of amides is 2. The van der Waals surface area contributed by atoms with Crippen molar-refractivity contribution in [2.75, 3.05) is 31.6 Å². The van der Waals surface area contributed by atoms with Crippen LogP contribution in [0.2, 0.25) is 0 Å². The van der Waals surface area contributed by atoms with Gasteiger partial charge in [0.25, 0.3) is 0 Å². The molecule has 1 aliphatic heterocycles. The molecule has 0 aromatic carbocycles. The first-order valence-electron chi connectivity index (χ1n) is 18.6. The van der Waals surface area contributed by atoms with Crippen molar-refractivity contribution < 1.29 is 28.6 Å². The molecule has 0 spiro atoms. The number of ether oxygens (including phenoxy) is 2. The van der Waals surface area contributed by atoms with Gasteiger partial charge in [0.05, 0.1) is 18.4 Å². The molecule has 50 heavy (non-hydrogen) atoms. The summed E-state index contributed by atoms with van der Waals surface area (Å²) in [6, 6.07) is 8.01. The first-order chi connectivity index (χ1) is 24.2. The second-order valence-corrected chi connectivity index (χ2v) is 15.3. The van der Waals surface area contributed by atoms with Crippen LogP contribution in [0.1, 0.15) is 113 Å². The van der Waals surface area contributed by atoms with Crippen LogP contribution in [0.25, 0.3) is 11.3 Å². The summed E-state index contributed by atoms with van der Waals surface area (Å²) in [5.74, 6) is 3.32. The number of piperidine rings is 1. The van der Waals surface area contributed by atoms with E-state index in [2.05, 4.69) is 6.07 Å². The Kier molecular flexibility index (Phi) is 10.1. The molecule has 2 amide bonds. The number of oxazole rings is 1. The SMILES string of the molecule is COc1ccc(C2CCC(CN(C(=O)C3CCC(OC(=O)N4CCC(C)(O)CC4)CC3)c3cc(-c4coc(C5CC5)n4)ccn3)CC2)nc1C. The molecule has 268 valence electrons. The highest BCUT2D eigenvalue weighted by Gasteiger charge is 2.36. The molecule has 0 bridgehead atoms. The predicted molar refractivity (Wildman–Crippen MR) is 188 cm³/mol. The van der Waals surface area contributed by atoms with E-state index in [1.54, 1.807) is 24.5 Å². The van der Waals surface area contributed by atoms with E-state index in [0.29, 0.717) is 81.7 Å². The Balaban J connectivity index is 1.02. The van der Waals surface area contributed by atoms with E-state index in [4.69, 9.17) is 28.8 Å². The zero-order valence-electron chi connectivity index (χ0n) is 29.7. The van der Waals surface area contributed by atoms with Gasteiger partial charge in [0.2, 0.25) is 5.91 Å². The number of aryl methyl sites for hydroxylation is 1. The van der Waals surface area contributed by atoms with Gasteiger partial charge in [-0.1, -0.05) is 0 Å². The Bertz CT molecular complexity index is 1640. The Morgan fingerprint density at radius 1 is 0.980 bits per heavy atom. The van der Waals surface area contributed by atoms with Crippen LogP contribution in [0.5, 0.6) is 5.75 Å². The molecule has 3 aromatic rings. The summed E-state index contributed by atoms with van der Waals surface area (Å²) in [6.07, 6.45) is 12.9. The van der Waals surface area contributed by atoms with Crippen LogP contribution in [0.15, 0.2) is 41.1 Å². The van der Waals surface area contributed by atoms with Crippen molar-refractivity contribution in [3.63, 3.8) is 0 Å². The fourth-order valence-electron chi connectivity index (χ4n) is 7.91. The number of pyridine rings is 2. The van der Waals surface area contributed by atoms with Crippen LogP contribution in [-0.2, 0) is 9.53 Å². The Morgan fingerprint density at radius 2 is 1.70 bits per heavy atom. The van der Waals surface area contributed by atoms with Gasteiger partial charge in [0, 0.05) is 54.8 Å². The third kappa shape index (κ3) is 7.98. The highest BCUT2D eigenvalue weighted by atomic mass is 16.6. The van der Waals surface area contributed by atoms with Crippen molar-refractivity contribution in [3.05, 3.63) is 54.0 Å². The quantitative estimate of drug-likeness (QED) is 0.249. The normalized spacial score (nSPS) is 25.2. The standard InChI is InChI=1S/C39H51N5O6/c1-25-34(48-3)15-14-32(41-25)27-6-4-26(5-7-27)23-44(35-22-30(16-19-40-35)33-24-49-36(42-33)28-8-9-28)37(45)29-10-12-31(13-11-29)50-38(46)43-20-17-39(2,47)18-21-43/h14-16,19,22,24,26-29,31,47H,4-13,17-18,20-21,23H2,1-3H3. The van der Waals surface area contributed by atoms with Gasteiger partial charge in [-0.05, 0) is 121 Å². The molecule has 3 aromatic heterocycles. The topological polar surface area (TPSA) is 131 Å². The largest absolute Gasteiger partial charge is 0.495 e. The molecule has 4 fully saturated rings. The van der Waals surface area contributed by atoms with E-state index < -0.39 is 5.60 Å². The molecule has 0 radical (unpaired) electrons. The van der Waals surface area contributed by atoms with Crippen LogP contribution in [0.3, 0.4) is 0 Å². The van der Waals surface area contributed by atoms with Crippen molar-refractivity contribution >= 4 is 17.8 Å². The zero-order chi connectivity index (χ0) is 34.8. The summed E-state index contributed by atoms with van der Waals surface area (Å²) < 4.78 is 17.1. The average Bonchev–Trinajstić information content (AvgIpc) is 3.86. The number of hydrogen-bond acceptors (Lipinski definition) is 9. The predicted octanol–water partition coefficient (Wildman–Crippen LogP) is 7.18. The van der Waals surface area contributed by atoms with Gasteiger partial charge < -0.3 is 23.9 Å². The van der Waals surface area contributed by atoms with Gasteiger partial charge in [0.15, 0.2) is 5.89 Å². The molecule has 4 aliphatic rings. The number of aromatic nitrogens is 3. The maximum absolute atomic E-state index is 14.4. The zero-order valence-corrected chi connectivity index (χ0v) is 29.7. The van der Waals surface area contributed by atoms with Crippen molar-refractivity contribution in [1.29, 1.82) is 0 Å². The van der Waals surface area contributed by atoms with Gasteiger partial charge in [-0.2, -0.15) is 0 Å². The molecular formula is C39H51N5O6. The lowest BCUT2D eigenvalue weighted by Gasteiger charge is -2.37. The van der Waals surface area contributed by atoms with Crippen LogP contribution < -0.4 is 9.64 Å². The van der Waals surface area contributed by atoms with Crippen LogP contribution in [0.4, 0.5) is 10.6 Å². The number of hydrogen-bond donors (Lipinski definition) is 1. The molecule has 3 aliphatic carbocycles. The fraction of sp³-hybridized carbons (Fsp3) is 0.615. The molecular weight excluding hydrogens is 634 g/mol. The number of rotatable bonds is 9. The van der Waals surface area contributed by atoms with E-state index in [1.165, 1.54) is 0 Å². The molecule has 1 saturated heterocycles. The van der Waals surface area contributed by atoms with Crippen molar-refractivity contribution in [2.24, 2.45) is 11.8 Å². The second-order valence-electron chi connectivity index (χ2n) is 15.3. The van der Waals surface area contributed by atoms with Crippen molar-refractivity contribution in [1.82, 2.24) is 19.9 Å². The summed E-state index contributed by atoms with van der Waals surface area (Å²) in [6.45, 7) is 5.40. The third-order valence-corrected chi connectivity index (χ3v) is 11.4. The molecule has 7 rings (SSSR count). The van der Waals surface area contributed by atoms with Gasteiger partial charge in [-0.15, -0.1) is 0 Å². The summed E-state index contributed by atoms with van der Waals surface area (Å²) in [5, 5.41) is 10.3. The van der Waals surface area contributed by atoms with Gasteiger partial charge in [-0.3, -0.25) is 14.7 Å². The van der Waals surface area contributed by atoms with E-state index in [0.717, 1.165) is 72.8 Å². The first-order valence-corrected chi connectivity index (χ1v) is 18.6. The minimum Gasteiger partial charge on any atom is -0.495 e. The lowest BCUT2D eigenvalue weighted by molar-refractivity contribution is -0.124. The number of carbonyl (C=O) groups excluding carboxylic acids is 2. The number of anilines is 1. The molecule has 4 heterocycles. The smallest absolute Gasteiger partial charge is 0.410 e. The minimum absolute atomic E-state index is 0.0890. The fourth-order valence-corrected chi connectivity index (χ4v) is 7.91. The summed E-state index contributed by atoms with van der Waals surface area (Å²) in [4.78, 5) is 45.3. The van der Waals surface area contributed by atoms with Gasteiger partial charge >= 0.3 is 6.09 Å². The monoisotopic (exact) mass is 685 g/mol. The number of carbonyl (C=O) groups is 2. The van der Waals surface area contributed by atoms with Crippen LogP contribution in [0, 0.1) is 18.8 Å². The maximum atomic E-state index is 14.4. The van der Waals surface area contributed by atoms with E-state index in [-0.39, 0.29) is 24.0 Å². The molecule has 1 N–H and O–H groups in total. The van der Waals surface area contributed by atoms with E-state index in [1.807, 2.05) is 36.9 Å². The number of methoxy groups -OCH3 is 1. The van der Waals surface area contributed by atoms with Crippen LogP contribution >= 0.6 is 0 Å². The first kappa shape index (κ1) is 34.5. The Labute approximate surface area is 294 Å². The second kappa shape index (κ2) is 14.7. The Hall–Kier alpha value is -3.99. The number of likely N-dealkylation sites (tertiary alicyclic amines) is 1. The summed E-state index contributed by atoms with van der Waals surface area (Å²) in [7, 11) is 1.67. The Morgan fingerprint density at radius 3 is 2.38 bits per heavy atom.